The highest BCUT2D eigenvalue weighted by molar-refractivity contribution is 5.94. The van der Waals surface area contributed by atoms with Gasteiger partial charge in [-0.05, 0) is 48.5 Å². The van der Waals surface area contributed by atoms with Crippen LogP contribution in [-0.2, 0) is 23.7 Å². The molecule has 56 heavy (non-hydrogen) atoms. The third-order valence-electron chi connectivity index (χ3n) is 7.95. The van der Waals surface area contributed by atoms with Crippen LogP contribution in [0.1, 0.15) is 41.4 Å². The molecular formula is C34H28O22. The number of benzene rings is 4. The summed E-state index contributed by atoms with van der Waals surface area (Å²) in [5.41, 5.74) is -2.84. The molecule has 5 atom stereocenters. The number of aliphatic hydroxyl groups excluding tert-OH is 1. The number of ether oxygens (including phenoxy) is 5. The molecular weight excluding hydrogens is 760 g/mol. The van der Waals surface area contributed by atoms with Crippen molar-refractivity contribution in [1.29, 1.82) is 0 Å². The van der Waals surface area contributed by atoms with Gasteiger partial charge in [-0.3, -0.25) is 0 Å². The first-order valence-electron chi connectivity index (χ1n) is 15.4. The maximum atomic E-state index is 13.6. The summed E-state index contributed by atoms with van der Waals surface area (Å²) >= 11 is 0. The van der Waals surface area contributed by atoms with Crippen LogP contribution < -0.4 is 0 Å². The second-order valence-corrected chi connectivity index (χ2v) is 11.7. The molecule has 1 saturated heterocycles. The van der Waals surface area contributed by atoms with E-state index in [0.717, 1.165) is 0 Å². The maximum Gasteiger partial charge on any atom is 0.340 e. The van der Waals surface area contributed by atoms with Crippen LogP contribution in [0.15, 0.2) is 48.5 Å². The highest BCUT2D eigenvalue weighted by Crippen LogP contribution is 2.40. The minimum absolute atomic E-state index is 0.588. The van der Waals surface area contributed by atoms with Crippen molar-refractivity contribution in [3.05, 3.63) is 70.8 Å². The smallest absolute Gasteiger partial charge is 0.340 e. The number of hydrogen-bond acceptors (Lipinski definition) is 22. The molecule has 1 aliphatic heterocycles. The van der Waals surface area contributed by atoms with E-state index in [0.29, 0.717) is 48.5 Å². The lowest BCUT2D eigenvalue weighted by Gasteiger charge is -2.43. The maximum absolute atomic E-state index is 13.6. The normalized spacial score (nSPS) is 19.1. The second kappa shape index (κ2) is 15.3. The van der Waals surface area contributed by atoms with Gasteiger partial charge in [0.15, 0.2) is 81.2 Å². The van der Waals surface area contributed by atoms with Gasteiger partial charge in [0.2, 0.25) is 12.4 Å². The molecule has 0 radical (unpaired) electrons. The quantitative estimate of drug-likeness (QED) is 0.0630. The zero-order chi connectivity index (χ0) is 41.3. The van der Waals surface area contributed by atoms with Crippen molar-refractivity contribution >= 4 is 23.9 Å². The summed E-state index contributed by atoms with van der Waals surface area (Å²) in [5, 5.41) is 129. The number of rotatable bonds is 9. The van der Waals surface area contributed by atoms with E-state index in [2.05, 4.69) is 0 Å². The Labute approximate surface area is 310 Å². The Morgan fingerprint density at radius 1 is 0.411 bits per heavy atom. The van der Waals surface area contributed by atoms with Crippen molar-refractivity contribution in [3.63, 3.8) is 0 Å². The SMILES string of the molecule is O=C(O[C@H]1O[C@@H](CO)[C@H](OC(=O)c2cc(O)c(O)c(O)c2)[C@@H](OC(=O)c2cc(O)c(O)c(O)c2)[C@@H]1OC(=O)c1cc(O)c(O)c(O)c1)c1cc(O)c(O)c(O)c1. The van der Waals surface area contributed by atoms with Crippen molar-refractivity contribution in [1.82, 2.24) is 0 Å². The molecule has 4 aromatic carbocycles. The molecule has 0 unspecified atom stereocenters. The van der Waals surface area contributed by atoms with E-state index in [1.165, 1.54) is 0 Å². The van der Waals surface area contributed by atoms with Gasteiger partial charge in [-0.2, -0.15) is 0 Å². The zero-order valence-corrected chi connectivity index (χ0v) is 27.7. The van der Waals surface area contributed by atoms with Crippen LogP contribution in [0.25, 0.3) is 0 Å². The van der Waals surface area contributed by atoms with Crippen molar-refractivity contribution < 1.29 is 109 Å². The van der Waals surface area contributed by atoms with E-state index >= 15 is 0 Å². The van der Waals surface area contributed by atoms with Crippen LogP contribution in [0.2, 0.25) is 0 Å². The van der Waals surface area contributed by atoms with Gasteiger partial charge in [-0.1, -0.05) is 0 Å². The fraction of sp³-hybridized carbons (Fsp3) is 0.176. The summed E-state index contributed by atoms with van der Waals surface area (Å²) in [6, 6.07) is 4.82. The number of esters is 4. The van der Waals surface area contributed by atoms with Gasteiger partial charge in [0.1, 0.15) is 6.10 Å². The number of aromatic hydroxyl groups is 12. The average molecular weight is 789 g/mol. The largest absolute Gasteiger partial charge is 0.504 e. The fourth-order valence-electron chi connectivity index (χ4n) is 5.16. The minimum Gasteiger partial charge on any atom is -0.504 e. The molecule has 0 aromatic heterocycles. The standard InChI is InChI=1S/C34H28O22/c35-9-22-27(53-30(48)10-1-14(36)23(44)15(37)2-10)28(54-31(49)11-3-16(38)24(45)17(39)4-11)29(55-32(50)12-5-18(40)25(46)19(41)6-12)34(52-22)56-33(51)13-7-20(42)26(47)21(43)8-13/h1-8,22,27-29,34-47H,9H2/t22-,27-,28+,29-,34+/m0/s1. The first-order valence-corrected chi connectivity index (χ1v) is 15.4. The van der Waals surface area contributed by atoms with Crippen LogP contribution in [0.3, 0.4) is 0 Å². The molecule has 296 valence electrons. The molecule has 22 heteroatoms. The van der Waals surface area contributed by atoms with Crippen molar-refractivity contribution in [2.24, 2.45) is 0 Å². The van der Waals surface area contributed by atoms with Crippen LogP contribution in [0.5, 0.6) is 69.0 Å². The van der Waals surface area contributed by atoms with E-state index in [9.17, 15) is 85.6 Å². The second-order valence-electron chi connectivity index (χ2n) is 11.7. The third-order valence-corrected chi connectivity index (χ3v) is 7.95. The topological polar surface area (TPSA) is 377 Å². The molecule has 0 amide bonds. The molecule has 0 saturated carbocycles. The van der Waals surface area contributed by atoms with Crippen molar-refractivity contribution in [3.8, 4) is 69.0 Å². The molecule has 22 nitrogen and oxygen atoms in total. The molecule has 1 heterocycles. The van der Waals surface area contributed by atoms with E-state index < -0.39 is 152 Å². The molecule has 1 aliphatic rings. The first kappa shape index (κ1) is 39.5. The van der Waals surface area contributed by atoms with Gasteiger partial charge in [0.25, 0.3) is 0 Å². The molecule has 0 spiro atoms. The lowest BCUT2D eigenvalue weighted by atomic mass is 9.97. The summed E-state index contributed by atoms with van der Waals surface area (Å²) in [6.07, 6.45) is -11.2. The lowest BCUT2D eigenvalue weighted by Crippen LogP contribution is -2.63. The predicted octanol–water partition coefficient (Wildman–Crippen LogP) is 0.705. The number of phenols is 12. The van der Waals surface area contributed by atoms with Crippen LogP contribution in [0, 0.1) is 0 Å². The molecule has 13 N–H and O–H groups in total. The number of aliphatic hydroxyl groups is 1. The summed E-state index contributed by atoms with van der Waals surface area (Å²) in [4.78, 5) is 53.7. The Balaban J connectivity index is 1.64. The van der Waals surface area contributed by atoms with E-state index in [1.807, 2.05) is 0 Å². The number of carbonyl (C=O) groups excluding carboxylic acids is 4. The summed E-state index contributed by atoms with van der Waals surface area (Å²) < 4.78 is 27.3. The Morgan fingerprint density at radius 2 is 0.661 bits per heavy atom. The van der Waals surface area contributed by atoms with Gasteiger partial charge in [0, 0.05) is 0 Å². The van der Waals surface area contributed by atoms with Gasteiger partial charge >= 0.3 is 23.9 Å². The van der Waals surface area contributed by atoms with Crippen molar-refractivity contribution in [2.75, 3.05) is 6.61 Å². The molecule has 0 aliphatic carbocycles. The van der Waals surface area contributed by atoms with E-state index in [4.69, 9.17) is 23.7 Å². The monoisotopic (exact) mass is 788 g/mol. The first-order chi connectivity index (χ1) is 26.3. The Morgan fingerprint density at radius 3 is 0.946 bits per heavy atom. The van der Waals surface area contributed by atoms with Gasteiger partial charge < -0.3 is 90.1 Å². The Hall–Kier alpha value is -7.72. The molecule has 5 rings (SSSR count). The predicted molar refractivity (Wildman–Crippen MR) is 175 cm³/mol. The van der Waals surface area contributed by atoms with Crippen LogP contribution in [0.4, 0.5) is 0 Å². The Bertz CT molecular complexity index is 2140. The van der Waals surface area contributed by atoms with Crippen LogP contribution in [-0.4, -0.2) is 128 Å². The number of carbonyl (C=O) groups is 4. The highest BCUT2D eigenvalue weighted by atomic mass is 16.7. The third kappa shape index (κ3) is 7.80. The Kier molecular flexibility index (Phi) is 10.8. The molecule has 0 bridgehead atoms. The van der Waals surface area contributed by atoms with Crippen LogP contribution >= 0.6 is 0 Å². The number of phenolic OH excluding ortho intramolecular Hbond substituents is 12. The zero-order valence-electron chi connectivity index (χ0n) is 27.7. The van der Waals surface area contributed by atoms with E-state index in [1.54, 1.807) is 0 Å². The fourth-order valence-corrected chi connectivity index (χ4v) is 5.16. The lowest BCUT2D eigenvalue weighted by molar-refractivity contribution is -0.283. The minimum atomic E-state index is -2.38. The number of hydrogen-bond donors (Lipinski definition) is 13. The summed E-state index contributed by atoms with van der Waals surface area (Å²) in [5.74, 6) is -18.6. The van der Waals surface area contributed by atoms with Gasteiger partial charge in [-0.25, -0.2) is 19.2 Å². The summed E-state index contributed by atoms with van der Waals surface area (Å²) in [6.45, 7) is -1.20. The van der Waals surface area contributed by atoms with Gasteiger partial charge in [0.05, 0.1) is 28.9 Å². The highest BCUT2D eigenvalue weighted by Gasteiger charge is 2.54. The van der Waals surface area contributed by atoms with Crippen molar-refractivity contribution in [2.45, 2.75) is 30.7 Å². The molecule has 4 aromatic rings. The van der Waals surface area contributed by atoms with E-state index in [-0.39, 0.29) is 0 Å². The summed E-state index contributed by atoms with van der Waals surface area (Å²) in [7, 11) is 0. The molecule has 1 fully saturated rings. The van der Waals surface area contributed by atoms with Gasteiger partial charge in [-0.15, -0.1) is 0 Å². The average Bonchev–Trinajstić information content (AvgIpc) is 3.14.